The van der Waals surface area contributed by atoms with E-state index < -0.39 is 0 Å². The van der Waals surface area contributed by atoms with Crippen LogP contribution in [-0.4, -0.2) is 45.0 Å². The number of hydrogen-bond donors (Lipinski definition) is 0. The molecule has 0 amide bonds. The summed E-state index contributed by atoms with van der Waals surface area (Å²) < 4.78 is 12.1. The monoisotopic (exact) mass is 479 g/mol. The van der Waals surface area contributed by atoms with Crippen molar-refractivity contribution in [1.82, 2.24) is 4.90 Å². The molecule has 0 fully saturated rings. The van der Waals surface area contributed by atoms with Crippen LogP contribution in [0.2, 0.25) is 0 Å². The molecule has 0 aromatic heterocycles. The molecule has 0 spiro atoms. The second kappa shape index (κ2) is 28.6. The average Bonchev–Trinajstić information content (AvgIpc) is 2.82. The molecule has 202 valence electrons. The molecule has 0 rings (SSSR count). The Bertz CT molecular complexity index is 433. The number of ether oxygens (including phenoxy) is 2. The maximum Gasteiger partial charge on any atom is 0.170 e. The van der Waals surface area contributed by atoms with Crippen molar-refractivity contribution in [3.05, 3.63) is 24.3 Å². The lowest BCUT2D eigenvalue weighted by Crippen LogP contribution is -2.31. The van der Waals surface area contributed by atoms with Gasteiger partial charge in [0, 0.05) is 19.8 Å². The summed E-state index contributed by atoms with van der Waals surface area (Å²) in [5.41, 5.74) is 0. The fraction of sp³-hybridized carbons (Fsp3) is 0.871. The fourth-order valence-electron chi connectivity index (χ4n) is 4.03. The Labute approximate surface area is 214 Å². The highest BCUT2D eigenvalue weighted by Crippen LogP contribution is 2.10. The highest BCUT2D eigenvalue weighted by molar-refractivity contribution is 4.92. The summed E-state index contributed by atoms with van der Waals surface area (Å²) in [5.74, 6) is 0. The topological polar surface area (TPSA) is 21.7 Å². The minimum atomic E-state index is -0.0759. The first-order valence-electron chi connectivity index (χ1n) is 14.9. The van der Waals surface area contributed by atoms with E-state index in [9.17, 15) is 0 Å². The largest absolute Gasteiger partial charge is 0.351 e. The lowest BCUT2D eigenvalue weighted by molar-refractivity contribution is -0.150. The zero-order valence-electron chi connectivity index (χ0n) is 23.7. The van der Waals surface area contributed by atoms with Crippen molar-refractivity contribution >= 4 is 0 Å². The molecule has 0 aliphatic rings. The van der Waals surface area contributed by atoms with Crippen molar-refractivity contribution in [2.75, 3.05) is 33.9 Å². The Balaban J connectivity index is 3.55. The second-order valence-electron chi connectivity index (χ2n) is 10.1. The zero-order valence-corrected chi connectivity index (χ0v) is 23.7. The van der Waals surface area contributed by atoms with Crippen LogP contribution in [0.4, 0.5) is 0 Å². The van der Waals surface area contributed by atoms with Crippen molar-refractivity contribution in [3.8, 4) is 0 Å². The van der Waals surface area contributed by atoms with E-state index in [1.54, 1.807) is 0 Å². The lowest BCUT2D eigenvalue weighted by atomic mass is 10.1. The first-order valence-corrected chi connectivity index (χ1v) is 14.9. The van der Waals surface area contributed by atoms with Gasteiger partial charge in [0.25, 0.3) is 0 Å². The maximum atomic E-state index is 6.05. The van der Waals surface area contributed by atoms with E-state index in [-0.39, 0.29) is 6.29 Å². The number of likely N-dealkylation sites (N-methyl/N-ethyl adjacent to an activating group) is 1. The molecule has 0 saturated heterocycles. The third-order valence-electron chi connectivity index (χ3n) is 6.21. The van der Waals surface area contributed by atoms with E-state index in [0.29, 0.717) is 0 Å². The maximum absolute atomic E-state index is 6.05. The van der Waals surface area contributed by atoms with Gasteiger partial charge in [-0.1, -0.05) is 115 Å². The normalized spacial score (nSPS) is 13.1. The van der Waals surface area contributed by atoms with Gasteiger partial charge in [-0.2, -0.15) is 0 Å². The highest BCUT2D eigenvalue weighted by Gasteiger charge is 2.10. The molecule has 0 bridgehead atoms. The molecular weight excluding hydrogens is 418 g/mol. The molecule has 0 aromatic carbocycles. The van der Waals surface area contributed by atoms with Gasteiger partial charge in [0.05, 0.1) is 0 Å². The first-order chi connectivity index (χ1) is 16.7. The van der Waals surface area contributed by atoms with Crippen molar-refractivity contribution in [1.29, 1.82) is 0 Å². The SMILES string of the molecule is CCCCCC=CCC=CCCCCCCCCOC(CN(C)C)OCCCCCCCCC. The minimum Gasteiger partial charge on any atom is -0.351 e. The molecule has 1 unspecified atom stereocenters. The van der Waals surface area contributed by atoms with Crippen molar-refractivity contribution in [2.45, 2.75) is 142 Å². The van der Waals surface area contributed by atoms with Crippen LogP contribution in [0.5, 0.6) is 0 Å². The fourth-order valence-corrected chi connectivity index (χ4v) is 4.03. The Morgan fingerprint density at radius 3 is 1.44 bits per heavy atom. The quantitative estimate of drug-likeness (QED) is 0.0665. The van der Waals surface area contributed by atoms with E-state index in [0.717, 1.165) is 39.0 Å². The Hall–Kier alpha value is -0.640. The van der Waals surface area contributed by atoms with E-state index in [2.05, 4.69) is 57.1 Å². The third-order valence-corrected chi connectivity index (χ3v) is 6.21. The van der Waals surface area contributed by atoms with Gasteiger partial charge >= 0.3 is 0 Å². The van der Waals surface area contributed by atoms with Gasteiger partial charge in [-0.05, 0) is 59.0 Å². The summed E-state index contributed by atoms with van der Waals surface area (Å²) in [6.07, 6.45) is 33.9. The van der Waals surface area contributed by atoms with Crippen molar-refractivity contribution in [2.24, 2.45) is 0 Å². The van der Waals surface area contributed by atoms with Gasteiger partial charge in [0.2, 0.25) is 0 Å². The summed E-state index contributed by atoms with van der Waals surface area (Å²) in [5, 5.41) is 0. The molecule has 3 heteroatoms. The number of allylic oxidation sites excluding steroid dienone is 4. The van der Waals surface area contributed by atoms with Gasteiger partial charge in [0.1, 0.15) is 0 Å². The van der Waals surface area contributed by atoms with Crippen LogP contribution in [0, 0.1) is 0 Å². The summed E-state index contributed by atoms with van der Waals surface area (Å²) in [7, 11) is 4.18. The number of nitrogens with zero attached hydrogens (tertiary/aromatic N) is 1. The standard InChI is InChI=1S/C31H61NO2/c1-5-7-9-11-13-14-15-16-17-18-19-20-21-23-25-27-29-34-31(30-32(3)4)33-28-26-24-22-12-10-8-6-2/h13-14,16-17,31H,5-12,15,18-30H2,1-4H3. The Kier molecular flexibility index (Phi) is 28.1. The Morgan fingerprint density at radius 1 is 0.529 bits per heavy atom. The van der Waals surface area contributed by atoms with Gasteiger partial charge in [0.15, 0.2) is 6.29 Å². The van der Waals surface area contributed by atoms with E-state index in [4.69, 9.17) is 9.47 Å². The van der Waals surface area contributed by atoms with Crippen molar-refractivity contribution < 1.29 is 9.47 Å². The van der Waals surface area contributed by atoms with E-state index in [1.165, 1.54) is 103 Å². The third kappa shape index (κ3) is 27.6. The van der Waals surface area contributed by atoms with Crippen LogP contribution in [0.3, 0.4) is 0 Å². The van der Waals surface area contributed by atoms with Crippen LogP contribution in [0.15, 0.2) is 24.3 Å². The van der Waals surface area contributed by atoms with E-state index >= 15 is 0 Å². The van der Waals surface area contributed by atoms with Crippen LogP contribution in [-0.2, 0) is 9.47 Å². The molecule has 0 radical (unpaired) electrons. The molecule has 3 nitrogen and oxygen atoms in total. The van der Waals surface area contributed by atoms with Crippen LogP contribution >= 0.6 is 0 Å². The Morgan fingerprint density at radius 2 is 0.941 bits per heavy atom. The van der Waals surface area contributed by atoms with Gasteiger partial charge < -0.3 is 14.4 Å². The molecule has 0 aliphatic heterocycles. The molecule has 0 heterocycles. The minimum absolute atomic E-state index is 0.0759. The molecule has 0 saturated carbocycles. The summed E-state index contributed by atoms with van der Waals surface area (Å²) in [6, 6.07) is 0. The summed E-state index contributed by atoms with van der Waals surface area (Å²) in [4.78, 5) is 2.16. The predicted octanol–water partition coefficient (Wildman–Crippen LogP) is 9.47. The summed E-state index contributed by atoms with van der Waals surface area (Å²) >= 11 is 0. The molecule has 34 heavy (non-hydrogen) atoms. The lowest BCUT2D eigenvalue weighted by Gasteiger charge is -2.22. The molecular formula is C31H61NO2. The average molecular weight is 480 g/mol. The number of rotatable bonds is 27. The zero-order chi connectivity index (χ0) is 25.0. The van der Waals surface area contributed by atoms with Crippen LogP contribution in [0.25, 0.3) is 0 Å². The summed E-state index contributed by atoms with van der Waals surface area (Å²) in [6.45, 7) is 7.03. The molecule has 0 aliphatic carbocycles. The second-order valence-corrected chi connectivity index (χ2v) is 10.1. The molecule has 0 N–H and O–H groups in total. The number of hydrogen-bond acceptors (Lipinski definition) is 3. The highest BCUT2D eigenvalue weighted by atomic mass is 16.7. The van der Waals surface area contributed by atoms with Gasteiger partial charge in [-0.15, -0.1) is 0 Å². The predicted molar refractivity (Wildman–Crippen MR) is 152 cm³/mol. The smallest absolute Gasteiger partial charge is 0.170 e. The van der Waals surface area contributed by atoms with E-state index in [1.807, 2.05) is 0 Å². The van der Waals surface area contributed by atoms with Crippen LogP contribution < -0.4 is 0 Å². The molecule has 0 aromatic rings. The van der Waals surface area contributed by atoms with Gasteiger partial charge in [-0.3, -0.25) is 0 Å². The first kappa shape index (κ1) is 33.4. The molecule has 1 atom stereocenters. The van der Waals surface area contributed by atoms with Gasteiger partial charge in [-0.25, -0.2) is 0 Å². The van der Waals surface area contributed by atoms with Crippen molar-refractivity contribution in [3.63, 3.8) is 0 Å². The number of unbranched alkanes of at least 4 members (excludes halogenated alkanes) is 15. The van der Waals surface area contributed by atoms with Crippen LogP contribution in [0.1, 0.15) is 136 Å².